The fourth-order valence-electron chi connectivity index (χ4n) is 3.71. The number of thiophene rings is 2. The number of rotatable bonds is 12. The van der Waals surface area contributed by atoms with E-state index in [2.05, 4.69) is 21.4 Å². The van der Waals surface area contributed by atoms with Gasteiger partial charge in [-0.3, -0.25) is 9.59 Å². The summed E-state index contributed by atoms with van der Waals surface area (Å²) in [5.41, 5.74) is 0. The Bertz CT molecular complexity index is 993. The number of aliphatic carboxylic acids is 1. The summed E-state index contributed by atoms with van der Waals surface area (Å²) in [7, 11) is -3.71. The second kappa shape index (κ2) is 11.6. The zero-order valence-electron chi connectivity index (χ0n) is 18.2. The smallest absolute Gasteiger partial charge is 0.323 e. The van der Waals surface area contributed by atoms with Gasteiger partial charge in [-0.25, -0.2) is 8.42 Å². The van der Waals surface area contributed by atoms with Gasteiger partial charge in [-0.1, -0.05) is 13.3 Å². The normalized spacial score (nSPS) is 16.3. The van der Waals surface area contributed by atoms with Gasteiger partial charge in [0.05, 0.1) is 14.6 Å². The second-order valence-electron chi connectivity index (χ2n) is 8.19. The van der Waals surface area contributed by atoms with E-state index in [0.29, 0.717) is 17.7 Å². The van der Waals surface area contributed by atoms with E-state index in [1.54, 1.807) is 11.3 Å². The van der Waals surface area contributed by atoms with Crippen LogP contribution in [0.4, 0.5) is 0 Å². The molecular weight excluding hydrogens is 470 g/mol. The highest BCUT2D eigenvalue weighted by Crippen LogP contribution is 2.35. The molecule has 1 fully saturated rings. The molecule has 1 amide bonds. The monoisotopic (exact) mass is 501 g/mol. The number of carboxylic acid groups (broad SMARTS) is 1. The summed E-state index contributed by atoms with van der Waals surface area (Å²) in [6.07, 6.45) is 5.83. The van der Waals surface area contributed by atoms with E-state index >= 15 is 0 Å². The minimum atomic E-state index is -3.71. The maximum Gasteiger partial charge on any atom is 0.323 e. The summed E-state index contributed by atoms with van der Waals surface area (Å²) in [6, 6.07) is 2.56. The lowest BCUT2D eigenvalue weighted by Crippen LogP contribution is -2.48. The minimum absolute atomic E-state index is 0.137. The molecule has 0 aromatic carbocycles. The number of aryl methyl sites for hydroxylation is 1. The first kappa shape index (κ1) is 25.1. The molecule has 0 aliphatic carbocycles. The number of carbonyl (C=O) groups excluding carboxylic acids is 1. The van der Waals surface area contributed by atoms with Crippen LogP contribution in [-0.4, -0.2) is 56.8 Å². The topological polar surface area (TPSA) is 125 Å². The summed E-state index contributed by atoms with van der Waals surface area (Å²) in [6.45, 7) is 3.75. The van der Waals surface area contributed by atoms with Crippen molar-refractivity contribution in [2.45, 2.75) is 51.5 Å². The fraction of sp³-hybridized carbons (Fsp3) is 0.619. The third kappa shape index (κ3) is 7.24. The maximum absolute atomic E-state index is 12.5. The van der Waals surface area contributed by atoms with Gasteiger partial charge in [0.2, 0.25) is 10.0 Å². The van der Waals surface area contributed by atoms with Crippen molar-refractivity contribution < 1.29 is 23.1 Å². The number of fused-ring (bicyclic) bond motifs is 1. The Labute approximate surface area is 196 Å². The zero-order chi connectivity index (χ0) is 23.1. The summed E-state index contributed by atoms with van der Waals surface area (Å²) < 4.78 is 27.2. The van der Waals surface area contributed by atoms with Gasteiger partial charge in [-0.15, -0.1) is 22.7 Å². The van der Waals surface area contributed by atoms with Gasteiger partial charge < -0.3 is 15.7 Å². The lowest BCUT2D eigenvalue weighted by Gasteiger charge is -2.22. The molecule has 2 aromatic rings. The molecule has 3 rings (SSSR count). The summed E-state index contributed by atoms with van der Waals surface area (Å²) in [5.74, 6) is -1.08. The molecule has 8 nitrogen and oxygen atoms in total. The van der Waals surface area contributed by atoms with E-state index in [1.165, 1.54) is 35.5 Å². The SMILES string of the molecule is CCCCS(=O)(=O)N[C@@H](CNC(=O)c1cc2cc(CCC3CCNCC3)sc2s1)C(=O)O. The van der Waals surface area contributed by atoms with Gasteiger partial charge in [0.15, 0.2) is 0 Å². The van der Waals surface area contributed by atoms with Crippen LogP contribution in [0.3, 0.4) is 0 Å². The third-order valence-electron chi connectivity index (χ3n) is 5.60. The van der Waals surface area contributed by atoms with E-state index in [4.69, 9.17) is 0 Å². The molecule has 3 heterocycles. The number of amides is 1. The number of carbonyl (C=O) groups is 2. The average molecular weight is 502 g/mol. The lowest BCUT2D eigenvalue weighted by atomic mass is 9.93. The molecule has 32 heavy (non-hydrogen) atoms. The van der Waals surface area contributed by atoms with E-state index < -0.39 is 27.9 Å². The molecule has 1 saturated heterocycles. The Balaban J connectivity index is 1.54. The first-order valence-electron chi connectivity index (χ1n) is 11.0. The first-order chi connectivity index (χ1) is 15.3. The molecule has 4 N–H and O–H groups in total. The van der Waals surface area contributed by atoms with Crippen molar-refractivity contribution in [1.82, 2.24) is 15.4 Å². The molecule has 2 aromatic heterocycles. The molecule has 0 unspecified atom stereocenters. The van der Waals surface area contributed by atoms with Crippen molar-refractivity contribution in [3.8, 4) is 0 Å². The van der Waals surface area contributed by atoms with Crippen molar-refractivity contribution in [3.63, 3.8) is 0 Å². The molecule has 11 heteroatoms. The van der Waals surface area contributed by atoms with E-state index in [0.717, 1.165) is 34.8 Å². The van der Waals surface area contributed by atoms with Crippen LogP contribution in [0.5, 0.6) is 0 Å². The molecule has 0 radical (unpaired) electrons. The number of carboxylic acids is 1. The van der Waals surface area contributed by atoms with Crippen LogP contribution < -0.4 is 15.4 Å². The number of sulfonamides is 1. The highest BCUT2D eigenvalue weighted by molar-refractivity contribution is 7.89. The maximum atomic E-state index is 12.5. The lowest BCUT2D eigenvalue weighted by molar-refractivity contribution is -0.138. The van der Waals surface area contributed by atoms with Gasteiger partial charge in [-0.05, 0) is 63.2 Å². The van der Waals surface area contributed by atoms with Crippen molar-refractivity contribution >= 4 is 54.0 Å². The first-order valence-corrected chi connectivity index (χ1v) is 14.3. The van der Waals surface area contributed by atoms with Crippen LogP contribution in [0, 0.1) is 5.92 Å². The zero-order valence-corrected chi connectivity index (χ0v) is 20.6. The van der Waals surface area contributed by atoms with Crippen molar-refractivity contribution in [2.24, 2.45) is 5.92 Å². The van der Waals surface area contributed by atoms with Crippen molar-refractivity contribution in [3.05, 3.63) is 21.9 Å². The second-order valence-corrected chi connectivity index (χ2v) is 12.5. The molecule has 0 saturated carbocycles. The third-order valence-corrected chi connectivity index (χ3v) is 9.52. The van der Waals surface area contributed by atoms with Gasteiger partial charge >= 0.3 is 5.97 Å². The Hall–Kier alpha value is -1.53. The highest BCUT2D eigenvalue weighted by Gasteiger charge is 2.25. The molecule has 178 valence electrons. The minimum Gasteiger partial charge on any atom is -0.480 e. The molecule has 0 bridgehead atoms. The van der Waals surface area contributed by atoms with Gasteiger partial charge in [-0.2, -0.15) is 4.72 Å². The van der Waals surface area contributed by atoms with Gasteiger partial charge in [0, 0.05) is 16.8 Å². The van der Waals surface area contributed by atoms with E-state index in [1.807, 2.05) is 13.0 Å². The number of hydrogen-bond acceptors (Lipinski definition) is 7. The summed E-state index contributed by atoms with van der Waals surface area (Å²) >= 11 is 3.09. The fourth-order valence-corrected chi connectivity index (χ4v) is 7.54. The van der Waals surface area contributed by atoms with E-state index in [-0.39, 0.29) is 12.3 Å². The summed E-state index contributed by atoms with van der Waals surface area (Å²) in [5, 5.41) is 16.3. The highest BCUT2D eigenvalue weighted by atomic mass is 32.2. The molecule has 0 spiro atoms. The Morgan fingerprint density at radius 1 is 1.25 bits per heavy atom. The predicted octanol–water partition coefficient (Wildman–Crippen LogP) is 2.80. The van der Waals surface area contributed by atoms with Crippen LogP contribution in [0.1, 0.15) is 53.6 Å². The number of hydrogen-bond donors (Lipinski definition) is 4. The number of unbranched alkanes of at least 4 members (excludes halogenated alkanes) is 1. The predicted molar refractivity (Wildman–Crippen MR) is 129 cm³/mol. The van der Waals surface area contributed by atoms with Gasteiger partial charge in [0.25, 0.3) is 5.91 Å². The van der Waals surface area contributed by atoms with Crippen LogP contribution in [0.2, 0.25) is 0 Å². The van der Waals surface area contributed by atoms with Crippen LogP contribution >= 0.6 is 22.7 Å². The molecule has 1 aliphatic heterocycles. The van der Waals surface area contributed by atoms with Crippen LogP contribution in [-0.2, 0) is 21.2 Å². The Morgan fingerprint density at radius 2 is 2.00 bits per heavy atom. The van der Waals surface area contributed by atoms with Crippen LogP contribution in [0.25, 0.3) is 9.40 Å². The average Bonchev–Trinajstić information content (AvgIpc) is 3.33. The van der Waals surface area contributed by atoms with Gasteiger partial charge in [0.1, 0.15) is 6.04 Å². The number of nitrogens with one attached hydrogen (secondary N) is 3. The Kier molecular flexibility index (Phi) is 9.06. The molecular formula is C21H31N3O5S3. The Morgan fingerprint density at radius 3 is 2.66 bits per heavy atom. The quantitative estimate of drug-likeness (QED) is 0.354. The number of piperidine rings is 1. The molecule has 1 atom stereocenters. The van der Waals surface area contributed by atoms with Crippen molar-refractivity contribution in [2.75, 3.05) is 25.4 Å². The largest absolute Gasteiger partial charge is 0.480 e. The van der Waals surface area contributed by atoms with Crippen molar-refractivity contribution in [1.29, 1.82) is 0 Å². The standard InChI is InChI=1S/C21H31N3O5S3/c1-2-3-10-32(28,29)24-17(20(26)27)13-23-19(25)18-12-15-11-16(30-21(15)31-18)5-4-14-6-8-22-9-7-14/h11-12,14,17,22,24H,2-10,13H2,1H3,(H,23,25)(H,26,27)/t17-/m0/s1. The molecule has 1 aliphatic rings. The van der Waals surface area contributed by atoms with Crippen LogP contribution in [0.15, 0.2) is 12.1 Å². The van der Waals surface area contributed by atoms with E-state index in [9.17, 15) is 23.1 Å². The summed E-state index contributed by atoms with van der Waals surface area (Å²) in [4.78, 5) is 25.8.